The van der Waals surface area contributed by atoms with Gasteiger partial charge in [0.15, 0.2) is 0 Å². The number of rotatable bonds is 2. The largest absolute Gasteiger partial charge is 0.478 e. The maximum atomic E-state index is 11.9. The van der Waals surface area contributed by atoms with Crippen molar-refractivity contribution in [3.8, 4) is 0 Å². The molecule has 0 saturated carbocycles. The van der Waals surface area contributed by atoms with Crippen LogP contribution in [0.4, 0.5) is 5.69 Å². The predicted molar refractivity (Wildman–Crippen MR) is 118 cm³/mol. The third-order valence-electron chi connectivity index (χ3n) is 7.31. The van der Waals surface area contributed by atoms with Crippen molar-refractivity contribution in [2.45, 2.75) is 30.7 Å². The van der Waals surface area contributed by atoms with E-state index in [1.807, 2.05) is 12.1 Å². The highest BCUT2D eigenvalue weighted by Gasteiger charge is 2.48. The molecule has 2 aromatic rings. The minimum atomic E-state index is -0.826. The summed E-state index contributed by atoms with van der Waals surface area (Å²) < 4.78 is 1.10. The van der Waals surface area contributed by atoms with Crippen molar-refractivity contribution in [2.24, 2.45) is 11.8 Å². The smallest absolute Gasteiger partial charge is 0.335 e. The Morgan fingerprint density at radius 3 is 2.45 bits per heavy atom. The van der Waals surface area contributed by atoms with Gasteiger partial charge in [-0.25, -0.2) is 4.79 Å². The Morgan fingerprint density at radius 2 is 1.69 bits per heavy atom. The monoisotopic (exact) mass is 447 g/mol. The normalized spacial score (nSPS) is 30.8. The Balaban J connectivity index is 1.59. The first kappa shape index (κ1) is 17.5. The summed E-state index contributed by atoms with van der Waals surface area (Å²) in [6.45, 7) is 1.04. The van der Waals surface area contributed by atoms with Gasteiger partial charge in [0, 0.05) is 28.5 Å². The van der Waals surface area contributed by atoms with Gasteiger partial charge >= 0.3 is 5.97 Å². The number of halogens is 1. The Bertz CT molecular complexity index is 1050. The molecule has 0 bridgehead atoms. The Kier molecular flexibility index (Phi) is 3.83. The lowest BCUT2D eigenvalue weighted by Crippen LogP contribution is -2.46. The highest BCUT2D eigenvalue weighted by atomic mass is 79.9. The summed E-state index contributed by atoms with van der Waals surface area (Å²) in [7, 11) is 0. The molecule has 146 valence electrons. The van der Waals surface area contributed by atoms with Crippen molar-refractivity contribution in [1.29, 1.82) is 0 Å². The van der Waals surface area contributed by atoms with Crippen molar-refractivity contribution < 1.29 is 9.90 Å². The maximum absolute atomic E-state index is 11.9. The standard InChI is InChI=1S/C25H22BrNO2/c26-17-9-7-14(8-10-17)23-20-6-2-5-19(20)22-12-16(25(28)29)11-21-18-4-1-3-15(18)13-27(23)24(21)22/h1-2,4-5,7-12,15,18-20,23H,3,6,13H2,(H,28,29)/t15-,18+,19+,20+,23-/m1/s1. The zero-order chi connectivity index (χ0) is 19.7. The van der Waals surface area contributed by atoms with Crippen molar-refractivity contribution in [2.75, 3.05) is 11.4 Å². The number of nitrogens with zero attached hydrogens (tertiary/aromatic N) is 1. The minimum Gasteiger partial charge on any atom is -0.478 e. The number of fused-ring (bicyclic) bond motifs is 4. The van der Waals surface area contributed by atoms with Crippen LogP contribution in [0.1, 0.15) is 57.8 Å². The van der Waals surface area contributed by atoms with E-state index in [9.17, 15) is 9.90 Å². The molecule has 1 N–H and O–H groups in total. The van der Waals surface area contributed by atoms with E-state index in [1.165, 1.54) is 22.4 Å². The lowest BCUT2D eigenvalue weighted by atomic mass is 9.70. The molecule has 0 amide bonds. The third kappa shape index (κ3) is 2.51. The van der Waals surface area contributed by atoms with Gasteiger partial charge in [-0.3, -0.25) is 0 Å². The fourth-order valence-corrected chi connectivity index (χ4v) is 6.40. The summed E-state index contributed by atoms with van der Waals surface area (Å²) in [5.41, 5.74) is 5.51. The number of hydrogen-bond donors (Lipinski definition) is 1. The fourth-order valence-electron chi connectivity index (χ4n) is 6.14. The Morgan fingerprint density at radius 1 is 1.00 bits per heavy atom. The van der Waals surface area contributed by atoms with Crippen molar-refractivity contribution in [1.82, 2.24) is 0 Å². The van der Waals surface area contributed by atoms with Crippen molar-refractivity contribution >= 4 is 27.6 Å². The van der Waals surface area contributed by atoms with Gasteiger partial charge in [-0.2, -0.15) is 0 Å². The molecular weight excluding hydrogens is 426 g/mol. The molecular formula is C25H22BrNO2. The lowest BCUT2D eigenvalue weighted by Gasteiger charge is -2.51. The molecule has 0 saturated heterocycles. The number of carbonyl (C=O) groups is 1. The van der Waals surface area contributed by atoms with E-state index in [4.69, 9.17) is 0 Å². The van der Waals surface area contributed by atoms with Gasteiger partial charge in [0.1, 0.15) is 0 Å². The van der Waals surface area contributed by atoms with Gasteiger partial charge in [0.05, 0.1) is 11.6 Å². The molecule has 2 aliphatic carbocycles. The zero-order valence-electron chi connectivity index (χ0n) is 16.0. The van der Waals surface area contributed by atoms with Crippen molar-refractivity contribution in [3.63, 3.8) is 0 Å². The van der Waals surface area contributed by atoms with Crippen LogP contribution >= 0.6 is 15.9 Å². The molecule has 3 nitrogen and oxygen atoms in total. The molecule has 4 aliphatic rings. The van der Waals surface area contributed by atoms with E-state index in [1.54, 1.807) is 0 Å². The van der Waals surface area contributed by atoms with Gasteiger partial charge < -0.3 is 10.0 Å². The van der Waals surface area contributed by atoms with E-state index in [-0.39, 0.29) is 5.92 Å². The van der Waals surface area contributed by atoms with Crippen LogP contribution in [-0.2, 0) is 0 Å². The van der Waals surface area contributed by atoms with E-state index in [2.05, 4.69) is 69.4 Å². The van der Waals surface area contributed by atoms with Gasteiger partial charge in [0.25, 0.3) is 0 Å². The van der Waals surface area contributed by atoms with Crippen LogP contribution in [0, 0.1) is 11.8 Å². The third-order valence-corrected chi connectivity index (χ3v) is 7.84. The molecule has 0 unspecified atom stereocenters. The number of benzene rings is 2. The fraction of sp³-hybridized carbons (Fsp3) is 0.320. The van der Waals surface area contributed by atoms with Crippen LogP contribution in [-0.4, -0.2) is 17.6 Å². The highest BCUT2D eigenvalue weighted by Crippen LogP contribution is 2.58. The van der Waals surface area contributed by atoms with E-state index in [0.29, 0.717) is 29.4 Å². The Labute approximate surface area is 178 Å². The number of carboxylic acids is 1. The molecule has 0 aromatic heterocycles. The first-order chi connectivity index (χ1) is 14.1. The van der Waals surface area contributed by atoms with E-state index >= 15 is 0 Å². The van der Waals surface area contributed by atoms with Gasteiger partial charge in [-0.1, -0.05) is 52.4 Å². The number of allylic oxidation sites excluding steroid dienone is 4. The zero-order valence-corrected chi connectivity index (χ0v) is 17.5. The van der Waals surface area contributed by atoms with E-state index in [0.717, 1.165) is 23.9 Å². The second kappa shape index (κ2) is 6.33. The van der Waals surface area contributed by atoms with Crippen LogP contribution in [0.2, 0.25) is 0 Å². The lowest BCUT2D eigenvalue weighted by molar-refractivity contribution is 0.0696. The molecule has 2 aromatic carbocycles. The summed E-state index contributed by atoms with van der Waals surface area (Å²) in [5.74, 6) is 0.782. The average Bonchev–Trinajstić information content (AvgIpc) is 3.38. The summed E-state index contributed by atoms with van der Waals surface area (Å²) in [4.78, 5) is 14.5. The summed E-state index contributed by atoms with van der Waals surface area (Å²) in [5, 5.41) is 9.77. The van der Waals surface area contributed by atoms with Crippen LogP contribution in [0.15, 0.2) is 65.2 Å². The molecule has 5 atom stereocenters. The first-order valence-electron chi connectivity index (χ1n) is 10.4. The molecule has 0 radical (unpaired) electrons. The summed E-state index contributed by atoms with van der Waals surface area (Å²) in [6.07, 6.45) is 11.3. The molecule has 6 rings (SSSR count). The molecule has 0 fully saturated rings. The molecule has 2 aliphatic heterocycles. The molecule has 0 spiro atoms. The van der Waals surface area contributed by atoms with Crippen LogP contribution in [0.25, 0.3) is 0 Å². The van der Waals surface area contributed by atoms with Crippen LogP contribution in [0.3, 0.4) is 0 Å². The van der Waals surface area contributed by atoms with Crippen LogP contribution in [0.5, 0.6) is 0 Å². The predicted octanol–water partition coefficient (Wildman–Crippen LogP) is 6.04. The van der Waals surface area contributed by atoms with Gasteiger partial charge in [-0.15, -0.1) is 0 Å². The number of hydrogen-bond acceptors (Lipinski definition) is 2. The number of anilines is 1. The molecule has 4 heteroatoms. The SMILES string of the molecule is O=C(O)c1cc2c3c(c1)[C@H]1C=CC[C@@H]1[C@@H](c1ccc(Br)cc1)N3C[C@H]1CC=C[C@H]21. The highest BCUT2D eigenvalue weighted by molar-refractivity contribution is 9.10. The second-order valence-corrected chi connectivity index (χ2v) is 9.68. The quantitative estimate of drug-likeness (QED) is 0.570. The van der Waals surface area contributed by atoms with E-state index < -0.39 is 5.97 Å². The number of carboxylic acid groups (broad SMARTS) is 1. The summed E-state index contributed by atoms with van der Waals surface area (Å²) >= 11 is 3.58. The average molecular weight is 448 g/mol. The summed E-state index contributed by atoms with van der Waals surface area (Å²) in [6, 6.07) is 13.0. The number of aromatic carboxylic acids is 1. The second-order valence-electron chi connectivity index (χ2n) is 8.76. The van der Waals surface area contributed by atoms with Gasteiger partial charge in [0.2, 0.25) is 0 Å². The minimum absolute atomic E-state index is 0.287. The van der Waals surface area contributed by atoms with Gasteiger partial charge in [-0.05, 0) is 65.6 Å². The van der Waals surface area contributed by atoms with Crippen molar-refractivity contribution in [3.05, 3.63) is 87.4 Å². The topological polar surface area (TPSA) is 40.5 Å². The van der Waals surface area contributed by atoms with Crippen LogP contribution < -0.4 is 4.90 Å². The molecule has 29 heavy (non-hydrogen) atoms. The Hall–Kier alpha value is -2.33. The first-order valence-corrected chi connectivity index (χ1v) is 11.2. The molecule has 2 heterocycles. The maximum Gasteiger partial charge on any atom is 0.335 e.